The highest BCUT2D eigenvalue weighted by molar-refractivity contribution is 7.99. The lowest BCUT2D eigenvalue weighted by molar-refractivity contribution is -0.129. The van der Waals surface area contributed by atoms with Gasteiger partial charge < -0.3 is 10.7 Å². The van der Waals surface area contributed by atoms with Crippen molar-refractivity contribution in [3.8, 4) is 11.4 Å². The third-order valence-corrected chi connectivity index (χ3v) is 5.75. The minimum absolute atomic E-state index is 0.0746. The molecule has 0 unspecified atom stereocenters. The van der Waals surface area contributed by atoms with E-state index >= 15 is 0 Å². The maximum absolute atomic E-state index is 12.6. The molecule has 3 aromatic rings. The molecule has 27 heavy (non-hydrogen) atoms. The van der Waals surface area contributed by atoms with Crippen LogP contribution in [0.15, 0.2) is 53.7 Å². The van der Waals surface area contributed by atoms with Gasteiger partial charge in [0.05, 0.1) is 5.75 Å². The largest absolute Gasteiger partial charge is 0.337 e. The highest BCUT2D eigenvalue weighted by Gasteiger charge is 2.21. The van der Waals surface area contributed by atoms with Crippen molar-refractivity contribution in [1.82, 2.24) is 19.8 Å². The summed E-state index contributed by atoms with van der Waals surface area (Å²) in [5.74, 6) is 7.00. The van der Waals surface area contributed by atoms with E-state index in [-0.39, 0.29) is 11.7 Å². The van der Waals surface area contributed by atoms with Crippen LogP contribution >= 0.6 is 23.4 Å². The molecule has 1 amide bonds. The van der Waals surface area contributed by atoms with Crippen LogP contribution in [0.3, 0.4) is 0 Å². The topological polar surface area (TPSA) is 77.0 Å². The molecule has 2 aromatic carbocycles. The van der Waals surface area contributed by atoms with Gasteiger partial charge in [-0.2, -0.15) is 0 Å². The zero-order chi connectivity index (χ0) is 18.8. The van der Waals surface area contributed by atoms with E-state index in [1.807, 2.05) is 29.2 Å². The van der Waals surface area contributed by atoms with Gasteiger partial charge in [-0.1, -0.05) is 47.6 Å². The molecule has 0 spiro atoms. The molecule has 0 atom stereocenters. The average molecular weight is 400 g/mol. The Kier molecular flexibility index (Phi) is 5.05. The number of carbonyl (C=O) groups excluding carboxylic acids is 1. The summed E-state index contributed by atoms with van der Waals surface area (Å²) < 4.78 is 1.41. The van der Waals surface area contributed by atoms with Crippen LogP contribution < -0.4 is 5.84 Å². The molecule has 1 aliphatic heterocycles. The Balaban J connectivity index is 1.41. The first-order chi connectivity index (χ1) is 13.1. The molecular weight excluding hydrogens is 382 g/mol. The first-order valence-corrected chi connectivity index (χ1v) is 9.92. The van der Waals surface area contributed by atoms with Crippen molar-refractivity contribution in [2.75, 3.05) is 18.1 Å². The Bertz CT molecular complexity index is 972. The monoisotopic (exact) mass is 399 g/mol. The van der Waals surface area contributed by atoms with Crippen LogP contribution in [-0.4, -0.2) is 38.0 Å². The fourth-order valence-corrected chi connectivity index (χ4v) is 3.98. The Morgan fingerprint density at radius 1 is 1.11 bits per heavy atom. The van der Waals surface area contributed by atoms with E-state index in [1.54, 1.807) is 12.1 Å². The Morgan fingerprint density at radius 2 is 1.85 bits per heavy atom. The lowest BCUT2D eigenvalue weighted by atomic mass is 10.00. The second-order valence-corrected chi connectivity index (χ2v) is 7.68. The summed E-state index contributed by atoms with van der Waals surface area (Å²) in [6.07, 6.45) is 0.889. The number of nitrogens with zero attached hydrogens (tertiary/aromatic N) is 4. The van der Waals surface area contributed by atoms with E-state index in [9.17, 15) is 4.79 Å². The van der Waals surface area contributed by atoms with Gasteiger partial charge in [0.2, 0.25) is 11.1 Å². The van der Waals surface area contributed by atoms with Crippen LogP contribution in [0.4, 0.5) is 0 Å². The number of thioether (sulfide) groups is 1. The van der Waals surface area contributed by atoms with Crippen molar-refractivity contribution in [3.63, 3.8) is 0 Å². The van der Waals surface area contributed by atoms with Gasteiger partial charge in [0, 0.05) is 23.7 Å². The summed E-state index contributed by atoms with van der Waals surface area (Å²) in [6, 6.07) is 15.5. The van der Waals surface area contributed by atoms with E-state index in [0.717, 1.165) is 18.5 Å². The molecule has 6 nitrogen and oxygen atoms in total. The number of benzene rings is 2. The number of hydrogen-bond acceptors (Lipinski definition) is 5. The summed E-state index contributed by atoms with van der Waals surface area (Å²) in [5, 5.41) is 9.40. The molecule has 0 bridgehead atoms. The number of amides is 1. The predicted octanol–water partition coefficient (Wildman–Crippen LogP) is 2.99. The number of nitrogen functional groups attached to an aromatic ring is 1. The van der Waals surface area contributed by atoms with Crippen molar-refractivity contribution in [2.24, 2.45) is 0 Å². The highest BCUT2D eigenvalue weighted by Crippen LogP contribution is 2.24. The second-order valence-electron chi connectivity index (χ2n) is 6.31. The maximum atomic E-state index is 12.6. The second kappa shape index (κ2) is 7.62. The molecule has 1 aliphatic rings. The lowest BCUT2D eigenvalue weighted by Crippen LogP contribution is -2.37. The lowest BCUT2D eigenvalue weighted by Gasteiger charge is -2.28. The van der Waals surface area contributed by atoms with Crippen molar-refractivity contribution < 1.29 is 4.79 Å². The van der Waals surface area contributed by atoms with E-state index in [4.69, 9.17) is 17.4 Å². The smallest absolute Gasteiger partial charge is 0.233 e. The number of rotatable bonds is 4. The van der Waals surface area contributed by atoms with Crippen molar-refractivity contribution in [1.29, 1.82) is 0 Å². The first kappa shape index (κ1) is 17.9. The van der Waals surface area contributed by atoms with E-state index in [1.165, 1.54) is 27.6 Å². The third-order valence-electron chi connectivity index (χ3n) is 4.58. The molecule has 0 fully saturated rings. The number of fused-ring (bicyclic) bond motifs is 1. The number of carbonyl (C=O) groups is 1. The van der Waals surface area contributed by atoms with Crippen LogP contribution in [0.1, 0.15) is 11.1 Å². The maximum Gasteiger partial charge on any atom is 0.233 e. The molecule has 0 radical (unpaired) electrons. The van der Waals surface area contributed by atoms with Gasteiger partial charge in [-0.3, -0.25) is 4.79 Å². The summed E-state index contributed by atoms with van der Waals surface area (Å²) >= 11 is 7.21. The molecule has 4 rings (SSSR count). The minimum Gasteiger partial charge on any atom is -0.337 e. The van der Waals surface area contributed by atoms with Gasteiger partial charge in [0.15, 0.2) is 5.82 Å². The summed E-state index contributed by atoms with van der Waals surface area (Å²) in [4.78, 5) is 14.5. The van der Waals surface area contributed by atoms with Gasteiger partial charge in [-0.25, -0.2) is 4.68 Å². The summed E-state index contributed by atoms with van der Waals surface area (Å²) in [5.41, 5.74) is 3.36. The number of hydrogen-bond donors (Lipinski definition) is 1. The summed E-state index contributed by atoms with van der Waals surface area (Å²) in [6.45, 7) is 1.39. The molecule has 0 aliphatic carbocycles. The number of halogens is 1. The average Bonchev–Trinajstić information content (AvgIpc) is 3.07. The number of aromatic nitrogens is 3. The molecule has 0 saturated heterocycles. The minimum atomic E-state index is 0.0746. The third kappa shape index (κ3) is 3.79. The standard InChI is InChI=1S/C19H18ClN5OS/c20-16-7-5-14(6-8-16)18-22-23-19(25(18)21)27-12-17(26)24-10-9-13-3-1-2-4-15(13)11-24/h1-8H,9-12,21H2. The molecule has 8 heteroatoms. The van der Waals surface area contributed by atoms with E-state index in [0.29, 0.717) is 22.5 Å². The summed E-state index contributed by atoms with van der Waals surface area (Å²) in [7, 11) is 0. The SMILES string of the molecule is Nn1c(SCC(=O)N2CCc3ccccc3C2)nnc1-c1ccc(Cl)cc1. The van der Waals surface area contributed by atoms with E-state index < -0.39 is 0 Å². The molecule has 138 valence electrons. The van der Waals surface area contributed by atoms with Crippen LogP contribution in [0, 0.1) is 0 Å². The van der Waals surface area contributed by atoms with Gasteiger partial charge in [-0.05, 0) is 41.8 Å². The predicted molar refractivity (Wildman–Crippen MR) is 107 cm³/mol. The Morgan fingerprint density at radius 3 is 2.63 bits per heavy atom. The zero-order valence-electron chi connectivity index (χ0n) is 14.5. The molecular formula is C19H18ClN5OS. The van der Waals surface area contributed by atoms with Crippen LogP contribution in [0.25, 0.3) is 11.4 Å². The molecule has 2 N–H and O–H groups in total. The quantitative estimate of drug-likeness (QED) is 0.539. The molecule has 2 heterocycles. The van der Waals surface area contributed by atoms with Crippen LogP contribution in [-0.2, 0) is 17.8 Å². The van der Waals surface area contributed by atoms with Gasteiger partial charge in [0.1, 0.15) is 0 Å². The van der Waals surface area contributed by atoms with Gasteiger partial charge in [0.25, 0.3) is 0 Å². The van der Waals surface area contributed by atoms with Crippen LogP contribution in [0.5, 0.6) is 0 Å². The van der Waals surface area contributed by atoms with Crippen molar-refractivity contribution >= 4 is 29.3 Å². The van der Waals surface area contributed by atoms with Gasteiger partial charge in [-0.15, -0.1) is 10.2 Å². The molecule has 0 saturated carbocycles. The Labute approximate surface area is 166 Å². The van der Waals surface area contributed by atoms with E-state index in [2.05, 4.69) is 22.3 Å². The normalized spacial score (nSPS) is 13.4. The van der Waals surface area contributed by atoms with Gasteiger partial charge >= 0.3 is 0 Å². The highest BCUT2D eigenvalue weighted by atomic mass is 35.5. The number of nitrogens with two attached hydrogens (primary N) is 1. The fraction of sp³-hybridized carbons (Fsp3) is 0.211. The zero-order valence-corrected chi connectivity index (χ0v) is 16.1. The van der Waals surface area contributed by atoms with Crippen LogP contribution in [0.2, 0.25) is 5.02 Å². The first-order valence-electron chi connectivity index (χ1n) is 8.55. The van der Waals surface area contributed by atoms with Crippen molar-refractivity contribution in [2.45, 2.75) is 18.1 Å². The molecule has 1 aromatic heterocycles. The van der Waals surface area contributed by atoms with Crippen molar-refractivity contribution in [3.05, 3.63) is 64.7 Å². The Hall–Kier alpha value is -2.51. The fourth-order valence-electron chi connectivity index (χ4n) is 3.10.